The number of carbonyl (C=O) groups is 1. The van der Waals surface area contributed by atoms with Gasteiger partial charge < -0.3 is 15.6 Å². The number of methoxy groups -OCH3 is 1. The summed E-state index contributed by atoms with van der Waals surface area (Å²) in [5, 5.41) is 10.1. The third kappa shape index (κ3) is 5.29. The molecule has 0 unspecified atom stereocenters. The molecule has 2 rings (SSSR count). The fourth-order valence-electron chi connectivity index (χ4n) is 2.54. The number of hydrogen-bond acceptors (Lipinski definition) is 5. The van der Waals surface area contributed by atoms with Gasteiger partial charge in [-0.25, -0.2) is 0 Å². The van der Waals surface area contributed by atoms with Gasteiger partial charge >= 0.3 is 0 Å². The van der Waals surface area contributed by atoms with E-state index in [1.54, 1.807) is 18.2 Å². The maximum atomic E-state index is 12.9. The van der Waals surface area contributed by atoms with E-state index in [1.165, 1.54) is 24.9 Å². The fraction of sp³-hybridized carbons (Fsp3) is 0.350. The predicted octanol–water partition coefficient (Wildman–Crippen LogP) is 3.74. The van der Waals surface area contributed by atoms with Crippen LogP contribution in [-0.4, -0.2) is 37.0 Å². The van der Waals surface area contributed by atoms with E-state index in [2.05, 4.69) is 6.92 Å². The van der Waals surface area contributed by atoms with E-state index in [0.717, 1.165) is 12.8 Å². The summed E-state index contributed by atoms with van der Waals surface area (Å²) >= 11 is 1.37. The second kappa shape index (κ2) is 9.15. The third-order valence-corrected chi connectivity index (χ3v) is 5.38. The number of carbonyl (C=O) groups excluding carboxylic acids is 1. The second-order valence-electron chi connectivity index (χ2n) is 6.34. The molecule has 2 radical (unpaired) electrons. The molecule has 0 aliphatic rings. The average Bonchev–Trinajstić information content (AvgIpc) is 2.65. The zero-order valence-corrected chi connectivity index (χ0v) is 16.0. The molecule has 1 atom stereocenters. The van der Waals surface area contributed by atoms with Crippen molar-refractivity contribution in [3.8, 4) is 11.5 Å². The predicted molar refractivity (Wildman–Crippen MR) is 107 cm³/mol. The summed E-state index contributed by atoms with van der Waals surface area (Å²) in [7, 11) is 7.62. The van der Waals surface area contributed by atoms with Crippen molar-refractivity contribution in [2.45, 2.75) is 36.5 Å². The summed E-state index contributed by atoms with van der Waals surface area (Å²) < 4.78 is 5.16. The summed E-state index contributed by atoms with van der Waals surface area (Å²) in [5.74, 6) is 0.534. The Morgan fingerprint density at radius 2 is 2.00 bits per heavy atom. The van der Waals surface area contributed by atoms with Crippen molar-refractivity contribution in [2.75, 3.05) is 12.9 Å². The van der Waals surface area contributed by atoms with E-state index in [1.807, 2.05) is 18.2 Å². The minimum absolute atomic E-state index is 0.0205. The Labute approximate surface area is 160 Å². The molecule has 0 aromatic heterocycles. The molecule has 0 heterocycles. The summed E-state index contributed by atoms with van der Waals surface area (Å²) in [6.07, 6.45) is 2.65. The average molecular weight is 369 g/mol. The minimum Gasteiger partial charge on any atom is -0.504 e. The molecule has 6 heteroatoms. The molecule has 2 aromatic rings. The van der Waals surface area contributed by atoms with Crippen molar-refractivity contribution in [2.24, 2.45) is 5.73 Å². The van der Waals surface area contributed by atoms with Gasteiger partial charge in [0.2, 0.25) is 0 Å². The molecule has 3 N–H and O–H groups in total. The highest BCUT2D eigenvalue weighted by Crippen LogP contribution is 2.36. The lowest BCUT2D eigenvalue weighted by Gasteiger charge is -2.25. The van der Waals surface area contributed by atoms with Crippen molar-refractivity contribution >= 4 is 25.4 Å². The number of hydrogen-bond donors (Lipinski definition) is 2. The molecular formula is C20H24BNO3S. The summed E-state index contributed by atoms with van der Waals surface area (Å²) in [6, 6.07) is 12.1. The first-order valence-electron chi connectivity index (χ1n) is 8.59. The third-order valence-electron chi connectivity index (χ3n) is 4.05. The van der Waals surface area contributed by atoms with E-state index in [4.69, 9.17) is 18.3 Å². The quantitative estimate of drug-likeness (QED) is 0.400. The molecule has 26 heavy (non-hydrogen) atoms. The van der Waals surface area contributed by atoms with Crippen LogP contribution < -0.4 is 10.5 Å². The van der Waals surface area contributed by atoms with Crippen LogP contribution in [0.1, 0.15) is 42.1 Å². The molecule has 0 spiro atoms. The van der Waals surface area contributed by atoms with Crippen LogP contribution >= 0.6 is 11.8 Å². The van der Waals surface area contributed by atoms with Crippen molar-refractivity contribution in [1.29, 1.82) is 0 Å². The van der Waals surface area contributed by atoms with Gasteiger partial charge in [0.25, 0.3) is 0 Å². The zero-order chi connectivity index (χ0) is 19.2. The topological polar surface area (TPSA) is 72.6 Å². The van der Waals surface area contributed by atoms with Gasteiger partial charge in [0.1, 0.15) is 0 Å². The number of ketones is 1. The van der Waals surface area contributed by atoms with Gasteiger partial charge in [0.15, 0.2) is 17.3 Å². The smallest absolute Gasteiger partial charge is 0.194 e. The van der Waals surface area contributed by atoms with Crippen molar-refractivity contribution in [1.82, 2.24) is 0 Å². The standard InChI is InChI=1S/C20H24BNO3S/c1-3-4-10-20(21,22)13-26-18-12-16(23)17(25-2)11-15(18)19(24)14-8-6-5-7-9-14/h5-9,11-12,23H,3-4,10,13,22H2,1-2H3/t20-/m1/s1. The maximum Gasteiger partial charge on any atom is 0.194 e. The van der Waals surface area contributed by atoms with E-state index in [0.29, 0.717) is 28.2 Å². The number of thioether (sulfide) groups is 1. The van der Waals surface area contributed by atoms with Gasteiger partial charge in [-0.1, -0.05) is 50.1 Å². The normalized spacial score (nSPS) is 13.2. The Kier molecular flexibility index (Phi) is 7.18. The van der Waals surface area contributed by atoms with E-state index < -0.39 is 5.44 Å². The Morgan fingerprint density at radius 3 is 2.62 bits per heavy atom. The number of unbranched alkanes of at least 4 members (excludes halogenated alkanes) is 1. The minimum atomic E-state index is -0.830. The molecule has 0 bridgehead atoms. The molecule has 0 amide bonds. The Balaban J connectivity index is 2.32. The lowest BCUT2D eigenvalue weighted by molar-refractivity contribution is 0.103. The number of aromatic hydroxyl groups is 1. The lowest BCUT2D eigenvalue weighted by Crippen LogP contribution is -2.43. The van der Waals surface area contributed by atoms with Crippen LogP contribution in [0.2, 0.25) is 0 Å². The number of benzene rings is 2. The van der Waals surface area contributed by atoms with Gasteiger partial charge in [-0.2, -0.15) is 0 Å². The largest absolute Gasteiger partial charge is 0.504 e. The van der Waals surface area contributed by atoms with Crippen LogP contribution in [0.3, 0.4) is 0 Å². The van der Waals surface area contributed by atoms with Crippen LogP contribution in [0.5, 0.6) is 11.5 Å². The highest BCUT2D eigenvalue weighted by Gasteiger charge is 2.22. The van der Waals surface area contributed by atoms with Gasteiger partial charge in [-0.15, -0.1) is 11.8 Å². The van der Waals surface area contributed by atoms with Gasteiger partial charge in [0, 0.05) is 21.8 Å². The number of rotatable bonds is 9. The number of phenolic OH excluding ortho intramolecular Hbond substituents is 1. The molecular weight excluding hydrogens is 345 g/mol. The first kappa shape index (κ1) is 20.4. The van der Waals surface area contributed by atoms with E-state index in [-0.39, 0.29) is 17.3 Å². The molecule has 0 aliphatic heterocycles. The van der Waals surface area contributed by atoms with Crippen LogP contribution in [0.25, 0.3) is 0 Å². The maximum absolute atomic E-state index is 12.9. The van der Waals surface area contributed by atoms with Gasteiger partial charge in [-0.3, -0.25) is 4.79 Å². The number of phenols is 1. The van der Waals surface area contributed by atoms with Gasteiger partial charge in [-0.05, 0) is 24.0 Å². The molecule has 2 aromatic carbocycles. The Hall–Kier alpha value is -1.92. The summed E-state index contributed by atoms with van der Waals surface area (Å²) in [4.78, 5) is 13.6. The van der Waals surface area contributed by atoms with E-state index >= 15 is 0 Å². The fourth-order valence-corrected chi connectivity index (χ4v) is 3.62. The number of ether oxygens (including phenoxy) is 1. The first-order valence-corrected chi connectivity index (χ1v) is 9.58. The van der Waals surface area contributed by atoms with Gasteiger partial charge in [0.05, 0.1) is 15.0 Å². The van der Waals surface area contributed by atoms with Crippen molar-refractivity contribution < 1.29 is 14.6 Å². The monoisotopic (exact) mass is 369 g/mol. The number of nitrogens with two attached hydrogens (primary N) is 1. The molecule has 0 fully saturated rings. The van der Waals surface area contributed by atoms with Crippen LogP contribution in [0.4, 0.5) is 0 Å². The van der Waals surface area contributed by atoms with Crippen molar-refractivity contribution in [3.05, 3.63) is 53.6 Å². The highest BCUT2D eigenvalue weighted by atomic mass is 32.2. The van der Waals surface area contributed by atoms with Crippen LogP contribution in [0, 0.1) is 0 Å². The Morgan fingerprint density at radius 1 is 1.31 bits per heavy atom. The molecule has 136 valence electrons. The molecule has 0 saturated heterocycles. The van der Waals surface area contributed by atoms with Crippen LogP contribution in [-0.2, 0) is 0 Å². The van der Waals surface area contributed by atoms with Crippen LogP contribution in [0.15, 0.2) is 47.4 Å². The Bertz CT molecular complexity index is 750. The summed E-state index contributed by atoms with van der Waals surface area (Å²) in [5.41, 5.74) is 6.37. The zero-order valence-electron chi connectivity index (χ0n) is 15.2. The van der Waals surface area contributed by atoms with E-state index in [9.17, 15) is 9.90 Å². The van der Waals surface area contributed by atoms with Crippen molar-refractivity contribution in [3.63, 3.8) is 0 Å². The highest BCUT2D eigenvalue weighted by molar-refractivity contribution is 7.99. The second-order valence-corrected chi connectivity index (χ2v) is 7.36. The molecule has 0 aliphatic carbocycles. The first-order chi connectivity index (χ1) is 12.4. The molecule has 4 nitrogen and oxygen atoms in total. The summed E-state index contributed by atoms with van der Waals surface area (Å²) in [6.45, 7) is 2.08. The molecule has 0 saturated carbocycles. The lowest BCUT2D eigenvalue weighted by atomic mass is 9.76. The SMILES string of the molecule is [B][C@@](N)(CCCC)CSc1cc(O)c(OC)cc1C(=O)c1ccccc1.